The number of nitrogens with zero attached hydrogens (tertiary/aromatic N) is 1. The van der Waals surface area contributed by atoms with Gasteiger partial charge in [0.1, 0.15) is 23.2 Å². The predicted octanol–water partition coefficient (Wildman–Crippen LogP) is 5.34. The number of Topliss-reactive ketones (excluding diaryl/α,β-unsaturated/α-hetero) is 1. The molecule has 0 aliphatic carbocycles. The highest BCUT2D eigenvalue weighted by atomic mass is 19.4. The molecule has 1 N–H and O–H groups in total. The molecule has 1 atom stereocenters. The van der Waals surface area contributed by atoms with Gasteiger partial charge in [0, 0.05) is 6.07 Å². The van der Waals surface area contributed by atoms with E-state index in [2.05, 4.69) is 4.74 Å². The van der Waals surface area contributed by atoms with Gasteiger partial charge in [-0.2, -0.15) is 0 Å². The molecule has 0 heterocycles. The minimum absolute atomic E-state index is 0.130. The lowest BCUT2D eigenvalue weighted by atomic mass is 9.98. The van der Waals surface area contributed by atoms with Crippen molar-refractivity contribution in [2.24, 2.45) is 0 Å². The van der Waals surface area contributed by atoms with E-state index in [0.29, 0.717) is 6.07 Å². The van der Waals surface area contributed by atoms with Crippen molar-refractivity contribution >= 4 is 11.5 Å². The normalized spacial score (nSPS) is 12.2. The number of nitro groups is 1. The summed E-state index contributed by atoms with van der Waals surface area (Å²) in [4.78, 5) is 23.0. The van der Waals surface area contributed by atoms with Crippen LogP contribution in [0.3, 0.4) is 0 Å². The number of ketones is 1. The van der Waals surface area contributed by atoms with E-state index in [0.717, 1.165) is 30.3 Å². The number of hydrogen-bond donors (Lipinski definition) is 1. The molecule has 3 aromatic rings. The summed E-state index contributed by atoms with van der Waals surface area (Å²) in [5.74, 6) is -3.55. The Morgan fingerprint density at radius 1 is 1.00 bits per heavy atom. The molecule has 3 rings (SSSR count). The summed E-state index contributed by atoms with van der Waals surface area (Å²) in [6.45, 7) is 0. The Hall–Kier alpha value is -3.99. The molecule has 32 heavy (non-hydrogen) atoms. The molecular weight excluding hydrogens is 438 g/mol. The fourth-order valence-corrected chi connectivity index (χ4v) is 2.74. The van der Waals surface area contributed by atoms with Crippen molar-refractivity contribution in [3.05, 3.63) is 93.8 Å². The van der Waals surface area contributed by atoms with Gasteiger partial charge in [-0.1, -0.05) is 30.3 Å². The molecule has 0 bridgehead atoms. The third kappa shape index (κ3) is 5.38. The Morgan fingerprint density at radius 3 is 2.16 bits per heavy atom. The number of carbonyl (C=O) groups is 1. The average Bonchev–Trinajstić information content (AvgIpc) is 2.74. The summed E-state index contributed by atoms with van der Waals surface area (Å²) in [6, 6.07) is 12.7. The maximum absolute atomic E-state index is 14.4. The Bertz CT molecular complexity index is 1130. The second-order valence-corrected chi connectivity index (χ2v) is 6.36. The van der Waals surface area contributed by atoms with Crippen molar-refractivity contribution < 1.29 is 41.9 Å². The van der Waals surface area contributed by atoms with Crippen LogP contribution in [0.2, 0.25) is 0 Å². The molecule has 1 unspecified atom stereocenters. The van der Waals surface area contributed by atoms with Gasteiger partial charge in [-0.05, 0) is 29.8 Å². The molecule has 0 fully saturated rings. The minimum atomic E-state index is -4.90. The third-order valence-electron chi connectivity index (χ3n) is 4.16. The fraction of sp³-hybridized carbons (Fsp3) is 0.0952. The number of carbonyl (C=O) groups excluding carboxylic acids is 1. The van der Waals surface area contributed by atoms with E-state index < -0.39 is 51.7 Å². The fourth-order valence-electron chi connectivity index (χ4n) is 2.74. The molecule has 0 aliphatic rings. The molecule has 0 spiro atoms. The second kappa shape index (κ2) is 9.02. The quantitative estimate of drug-likeness (QED) is 0.225. The van der Waals surface area contributed by atoms with Gasteiger partial charge in [0.15, 0.2) is 11.6 Å². The van der Waals surface area contributed by atoms with Crippen molar-refractivity contribution in [2.75, 3.05) is 0 Å². The summed E-state index contributed by atoms with van der Waals surface area (Å²) < 4.78 is 60.1. The van der Waals surface area contributed by atoms with Crippen LogP contribution in [0.5, 0.6) is 17.2 Å². The Labute approximate surface area is 177 Å². The van der Waals surface area contributed by atoms with E-state index in [1.165, 1.54) is 12.1 Å². The number of aliphatic hydroxyl groups is 1. The first-order chi connectivity index (χ1) is 15.0. The number of rotatable bonds is 7. The van der Waals surface area contributed by atoms with Crippen molar-refractivity contribution in [3.8, 4) is 17.2 Å². The number of aliphatic hydroxyl groups excluding tert-OH is 1. The lowest BCUT2D eigenvalue weighted by Crippen LogP contribution is -2.16. The highest BCUT2D eigenvalue weighted by molar-refractivity contribution is 6.03. The number of nitro benzene ring substituents is 1. The minimum Gasteiger partial charge on any atom is -0.454 e. The Balaban J connectivity index is 1.92. The van der Waals surface area contributed by atoms with Crippen LogP contribution in [-0.2, 0) is 0 Å². The van der Waals surface area contributed by atoms with E-state index in [4.69, 9.17) is 4.74 Å². The highest BCUT2D eigenvalue weighted by Gasteiger charge is 2.31. The van der Waals surface area contributed by atoms with Gasteiger partial charge < -0.3 is 14.6 Å². The summed E-state index contributed by atoms with van der Waals surface area (Å²) in [5, 5.41) is 21.6. The summed E-state index contributed by atoms with van der Waals surface area (Å²) >= 11 is 0. The summed E-state index contributed by atoms with van der Waals surface area (Å²) in [5.41, 5.74) is -1.33. The van der Waals surface area contributed by atoms with Crippen molar-refractivity contribution in [1.82, 2.24) is 0 Å². The van der Waals surface area contributed by atoms with Crippen LogP contribution < -0.4 is 9.47 Å². The van der Waals surface area contributed by atoms with Gasteiger partial charge >= 0.3 is 6.36 Å². The van der Waals surface area contributed by atoms with Crippen LogP contribution in [0.1, 0.15) is 22.0 Å². The Kier molecular flexibility index (Phi) is 6.40. The number of alkyl halides is 3. The van der Waals surface area contributed by atoms with Crippen molar-refractivity contribution in [2.45, 2.75) is 12.5 Å². The molecule has 11 heteroatoms. The molecule has 0 saturated heterocycles. The second-order valence-electron chi connectivity index (χ2n) is 6.36. The smallest absolute Gasteiger partial charge is 0.454 e. The first-order valence-electron chi connectivity index (χ1n) is 8.84. The third-order valence-corrected chi connectivity index (χ3v) is 4.16. The maximum atomic E-state index is 14.4. The first-order valence-corrected chi connectivity index (χ1v) is 8.84. The first kappa shape index (κ1) is 22.7. The molecule has 0 amide bonds. The van der Waals surface area contributed by atoms with E-state index in [1.54, 1.807) is 18.2 Å². The largest absolute Gasteiger partial charge is 0.573 e. The van der Waals surface area contributed by atoms with Crippen LogP contribution in [0.25, 0.3) is 0 Å². The number of halogens is 4. The molecule has 166 valence electrons. The van der Waals surface area contributed by atoms with Crippen molar-refractivity contribution in [1.29, 1.82) is 0 Å². The van der Waals surface area contributed by atoms with E-state index in [1.807, 2.05) is 0 Å². The van der Waals surface area contributed by atoms with Crippen molar-refractivity contribution in [3.63, 3.8) is 0 Å². The van der Waals surface area contributed by atoms with Crippen LogP contribution in [0.15, 0.2) is 66.7 Å². The number of ether oxygens (including phenoxy) is 2. The average molecular weight is 451 g/mol. The molecule has 0 radical (unpaired) electrons. The zero-order valence-electron chi connectivity index (χ0n) is 15.9. The van der Waals surface area contributed by atoms with E-state index in [9.17, 15) is 37.6 Å². The monoisotopic (exact) mass is 451 g/mol. The predicted molar refractivity (Wildman–Crippen MR) is 102 cm³/mol. The zero-order valence-corrected chi connectivity index (χ0v) is 15.9. The SMILES string of the molecule is O=C(c1cc(Oc2ccc(OC(F)(F)F)cc2)c(F)cc1[N+](=O)[O-])C(O)c1ccccc1. The van der Waals surface area contributed by atoms with Crippen LogP contribution in [-0.4, -0.2) is 22.2 Å². The van der Waals surface area contributed by atoms with Gasteiger partial charge in [-0.15, -0.1) is 13.2 Å². The molecule has 0 aromatic heterocycles. The van der Waals surface area contributed by atoms with Crippen LogP contribution in [0, 0.1) is 15.9 Å². The highest BCUT2D eigenvalue weighted by Crippen LogP contribution is 2.34. The lowest BCUT2D eigenvalue weighted by Gasteiger charge is -2.13. The van der Waals surface area contributed by atoms with E-state index >= 15 is 0 Å². The molecule has 7 nitrogen and oxygen atoms in total. The maximum Gasteiger partial charge on any atom is 0.573 e. The molecule has 3 aromatic carbocycles. The molecule has 0 saturated carbocycles. The lowest BCUT2D eigenvalue weighted by molar-refractivity contribution is -0.385. The van der Waals surface area contributed by atoms with Gasteiger partial charge in [0.2, 0.25) is 5.78 Å². The Morgan fingerprint density at radius 2 is 1.59 bits per heavy atom. The summed E-state index contributed by atoms with van der Waals surface area (Å²) in [6.07, 6.45) is -6.66. The van der Waals surface area contributed by atoms with Gasteiger partial charge in [-0.25, -0.2) is 4.39 Å². The standard InChI is InChI=1S/C21H13F4NO6/c22-16-11-17(26(29)30)15(20(28)19(27)12-4-2-1-3-5-12)10-18(16)31-13-6-8-14(9-7-13)32-21(23,24)25/h1-11,19,27H. The van der Waals surface area contributed by atoms with Gasteiger partial charge in [-0.3, -0.25) is 14.9 Å². The zero-order chi connectivity index (χ0) is 23.5. The van der Waals surface area contributed by atoms with Crippen LogP contribution >= 0.6 is 0 Å². The number of benzene rings is 3. The molecule has 0 aliphatic heterocycles. The topological polar surface area (TPSA) is 98.9 Å². The van der Waals surface area contributed by atoms with Gasteiger partial charge in [0.25, 0.3) is 5.69 Å². The van der Waals surface area contributed by atoms with Gasteiger partial charge in [0.05, 0.1) is 11.0 Å². The van der Waals surface area contributed by atoms with E-state index in [-0.39, 0.29) is 11.3 Å². The van der Waals surface area contributed by atoms with Crippen LogP contribution in [0.4, 0.5) is 23.2 Å². The number of hydrogen-bond acceptors (Lipinski definition) is 6. The summed E-state index contributed by atoms with van der Waals surface area (Å²) in [7, 11) is 0. The molecular formula is C21H13F4NO6.